The van der Waals surface area contributed by atoms with Crippen molar-refractivity contribution in [2.75, 3.05) is 11.8 Å². The van der Waals surface area contributed by atoms with E-state index in [1.54, 1.807) is 24.3 Å². The molecule has 0 spiro atoms. The number of nitrogen functional groups attached to an aromatic ring is 1. The molecule has 2 rings (SSSR count). The summed E-state index contributed by atoms with van der Waals surface area (Å²) in [6, 6.07) is 7.00. The Morgan fingerprint density at radius 1 is 1.17 bits per heavy atom. The smallest absolute Gasteiger partial charge is 0.206 e. The highest BCUT2D eigenvalue weighted by Gasteiger charge is 2.12. The summed E-state index contributed by atoms with van der Waals surface area (Å²) in [4.78, 5) is 7.60. The highest BCUT2D eigenvalue weighted by atomic mass is 35.5. The molecule has 2 aromatic rings. The number of para-hydroxylation sites is 2. The van der Waals surface area contributed by atoms with Crippen LogP contribution in [0.5, 0.6) is 17.2 Å². The van der Waals surface area contributed by atoms with Gasteiger partial charge >= 0.3 is 0 Å². The number of aromatic nitrogens is 2. The summed E-state index contributed by atoms with van der Waals surface area (Å²) in [5, 5.41) is 0.128. The third kappa shape index (κ3) is 2.75. The van der Waals surface area contributed by atoms with Gasteiger partial charge in [0, 0.05) is 0 Å². The van der Waals surface area contributed by atoms with E-state index in [9.17, 15) is 0 Å². The maximum absolute atomic E-state index is 5.89. The predicted molar refractivity (Wildman–Crippen MR) is 69.3 cm³/mol. The van der Waals surface area contributed by atoms with Crippen molar-refractivity contribution in [2.45, 2.75) is 0 Å². The molecule has 2 N–H and O–H groups in total. The molecule has 94 valence electrons. The van der Waals surface area contributed by atoms with E-state index in [0.29, 0.717) is 11.5 Å². The number of hydrogen-bond acceptors (Lipinski definition) is 5. The van der Waals surface area contributed by atoms with Gasteiger partial charge in [-0.05, 0) is 12.1 Å². The van der Waals surface area contributed by atoms with Gasteiger partial charge in [0.05, 0.1) is 0 Å². The number of rotatable bonds is 4. The Balaban J connectivity index is 2.34. The first-order valence-electron chi connectivity index (χ1n) is 4.94. The van der Waals surface area contributed by atoms with E-state index in [1.165, 1.54) is 6.33 Å². The fraction of sp³-hybridized carbons (Fsp3) is 0.0909. The molecule has 0 aliphatic carbocycles. The molecule has 0 radical (unpaired) electrons. The molecule has 0 saturated carbocycles. The maximum atomic E-state index is 5.89. The Hall–Kier alpha value is -1.72. The SMILES string of the molecule is Nc1ncnc(Cl)c1Oc1ccccc1OCCl. The molecule has 0 aliphatic rings. The topological polar surface area (TPSA) is 70.3 Å². The zero-order valence-electron chi connectivity index (χ0n) is 9.14. The second kappa shape index (κ2) is 5.75. The van der Waals surface area contributed by atoms with E-state index in [0.717, 1.165) is 0 Å². The molecule has 0 unspecified atom stereocenters. The molecule has 0 bridgehead atoms. The van der Waals surface area contributed by atoms with Crippen LogP contribution in [0, 0.1) is 0 Å². The van der Waals surface area contributed by atoms with Gasteiger partial charge in [-0.1, -0.05) is 35.3 Å². The van der Waals surface area contributed by atoms with Crippen molar-refractivity contribution in [3.63, 3.8) is 0 Å². The molecule has 0 fully saturated rings. The van der Waals surface area contributed by atoms with Gasteiger partial charge in [0.2, 0.25) is 5.75 Å². The molecule has 0 saturated heterocycles. The van der Waals surface area contributed by atoms with Crippen molar-refractivity contribution >= 4 is 29.0 Å². The van der Waals surface area contributed by atoms with Gasteiger partial charge in [-0.15, -0.1) is 0 Å². The minimum Gasteiger partial charge on any atom is -0.474 e. The molecule has 5 nitrogen and oxygen atoms in total. The second-order valence-corrected chi connectivity index (χ2v) is 3.76. The summed E-state index contributed by atoms with van der Waals surface area (Å²) in [5.41, 5.74) is 5.67. The van der Waals surface area contributed by atoms with Gasteiger partial charge in [-0.3, -0.25) is 0 Å². The largest absolute Gasteiger partial charge is 0.474 e. The molecular formula is C11H9Cl2N3O2. The Morgan fingerprint density at radius 3 is 2.56 bits per heavy atom. The normalized spacial score (nSPS) is 10.1. The molecule has 1 aromatic heterocycles. The van der Waals surface area contributed by atoms with Crippen LogP contribution >= 0.6 is 23.2 Å². The molecule has 1 heterocycles. The first kappa shape index (κ1) is 12.7. The fourth-order valence-electron chi connectivity index (χ4n) is 1.28. The Kier molecular flexibility index (Phi) is 4.07. The number of ether oxygens (including phenoxy) is 2. The van der Waals surface area contributed by atoms with Crippen molar-refractivity contribution in [1.29, 1.82) is 0 Å². The van der Waals surface area contributed by atoms with Crippen molar-refractivity contribution in [2.24, 2.45) is 0 Å². The van der Waals surface area contributed by atoms with E-state index in [2.05, 4.69) is 9.97 Å². The van der Waals surface area contributed by atoms with Crippen LogP contribution in [-0.2, 0) is 0 Å². The quantitative estimate of drug-likeness (QED) is 0.690. The average Bonchev–Trinajstić information content (AvgIpc) is 2.36. The Bertz CT molecular complexity index is 531. The van der Waals surface area contributed by atoms with Gasteiger partial charge in [0.1, 0.15) is 6.33 Å². The standard InChI is InChI=1S/C11H9Cl2N3O2/c12-5-17-7-3-1-2-4-8(7)18-9-10(13)15-6-16-11(9)14/h1-4,6H,5H2,(H2,14,15,16). The van der Waals surface area contributed by atoms with Crippen LogP contribution in [0.3, 0.4) is 0 Å². The van der Waals surface area contributed by atoms with Gasteiger partial charge in [-0.25, -0.2) is 9.97 Å². The highest BCUT2D eigenvalue weighted by molar-refractivity contribution is 6.31. The van der Waals surface area contributed by atoms with Crippen LogP contribution in [0.2, 0.25) is 5.15 Å². The lowest BCUT2D eigenvalue weighted by Gasteiger charge is -2.12. The van der Waals surface area contributed by atoms with Crippen LogP contribution in [0.1, 0.15) is 0 Å². The number of anilines is 1. The van der Waals surface area contributed by atoms with Crippen molar-refractivity contribution < 1.29 is 9.47 Å². The molecule has 0 amide bonds. The van der Waals surface area contributed by atoms with Gasteiger partial charge in [0.25, 0.3) is 0 Å². The van der Waals surface area contributed by atoms with E-state index < -0.39 is 0 Å². The van der Waals surface area contributed by atoms with Gasteiger partial charge in [-0.2, -0.15) is 0 Å². The first-order chi connectivity index (χ1) is 8.72. The minimum absolute atomic E-state index is 0.00881. The maximum Gasteiger partial charge on any atom is 0.206 e. The summed E-state index contributed by atoms with van der Waals surface area (Å²) in [6.45, 7) is 0. The lowest BCUT2D eigenvalue weighted by molar-refractivity contribution is 0.359. The number of halogens is 2. The number of nitrogens with zero attached hydrogens (tertiary/aromatic N) is 2. The molecule has 7 heteroatoms. The van der Waals surface area contributed by atoms with E-state index >= 15 is 0 Å². The molecule has 0 aliphatic heterocycles. The first-order valence-corrected chi connectivity index (χ1v) is 5.85. The highest BCUT2D eigenvalue weighted by Crippen LogP contribution is 2.36. The number of benzene rings is 1. The second-order valence-electron chi connectivity index (χ2n) is 3.18. The van der Waals surface area contributed by atoms with E-state index in [4.69, 9.17) is 38.4 Å². The van der Waals surface area contributed by atoms with E-state index in [-0.39, 0.29) is 22.8 Å². The number of nitrogens with two attached hydrogens (primary N) is 1. The summed E-state index contributed by atoms with van der Waals surface area (Å²) in [5.74, 6) is 1.24. The summed E-state index contributed by atoms with van der Waals surface area (Å²) < 4.78 is 10.8. The molecule has 1 aromatic carbocycles. The third-order valence-corrected chi connectivity index (χ3v) is 2.44. The summed E-state index contributed by atoms with van der Waals surface area (Å²) in [6.07, 6.45) is 1.26. The average molecular weight is 286 g/mol. The zero-order valence-corrected chi connectivity index (χ0v) is 10.6. The number of alkyl halides is 1. The summed E-state index contributed by atoms with van der Waals surface area (Å²) >= 11 is 11.4. The van der Waals surface area contributed by atoms with Gasteiger partial charge < -0.3 is 15.2 Å². The number of hydrogen-bond donors (Lipinski definition) is 1. The molecule has 0 atom stereocenters. The van der Waals surface area contributed by atoms with Crippen LogP contribution in [0.25, 0.3) is 0 Å². The van der Waals surface area contributed by atoms with Crippen LogP contribution in [-0.4, -0.2) is 16.0 Å². The lowest BCUT2D eigenvalue weighted by Crippen LogP contribution is -1.99. The van der Waals surface area contributed by atoms with Gasteiger partial charge in [0.15, 0.2) is 28.5 Å². The van der Waals surface area contributed by atoms with Crippen molar-refractivity contribution in [3.8, 4) is 17.2 Å². The zero-order chi connectivity index (χ0) is 13.0. The Morgan fingerprint density at radius 2 is 1.89 bits per heavy atom. The van der Waals surface area contributed by atoms with E-state index in [1.807, 2.05) is 0 Å². The molecular weight excluding hydrogens is 277 g/mol. The third-order valence-electron chi connectivity index (χ3n) is 2.06. The van der Waals surface area contributed by atoms with Crippen LogP contribution in [0.15, 0.2) is 30.6 Å². The predicted octanol–water partition coefficient (Wildman–Crippen LogP) is 3.08. The summed E-state index contributed by atoms with van der Waals surface area (Å²) in [7, 11) is 0. The molecule has 18 heavy (non-hydrogen) atoms. The monoisotopic (exact) mass is 285 g/mol. The van der Waals surface area contributed by atoms with Crippen molar-refractivity contribution in [1.82, 2.24) is 9.97 Å². The van der Waals surface area contributed by atoms with Crippen LogP contribution < -0.4 is 15.2 Å². The van der Waals surface area contributed by atoms with Crippen molar-refractivity contribution in [3.05, 3.63) is 35.7 Å². The minimum atomic E-state index is 0.00881. The van der Waals surface area contributed by atoms with Crippen LogP contribution in [0.4, 0.5) is 5.82 Å². The Labute approximate surface area is 113 Å². The lowest BCUT2D eigenvalue weighted by atomic mass is 10.3. The fourth-order valence-corrected chi connectivity index (χ4v) is 1.58.